The van der Waals surface area contributed by atoms with Crippen molar-refractivity contribution in [2.45, 2.75) is 38.2 Å². The van der Waals surface area contributed by atoms with E-state index >= 15 is 0 Å². The molecule has 0 amide bonds. The van der Waals surface area contributed by atoms with Gasteiger partial charge in [0.1, 0.15) is 28.1 Å². The summed E-state index contributed by atoms with van der Waals surface area (Å²) in [5, 5.41) is 3.69. The van der Waals surface area contributed by atoms with Crippen LogP contribution in [0.2, 0.25) is 19.6 Å². The number of nitrogens with one attached hydrogen (secondary N) is 1. The standard InChI is InChI=1S/C32H36N2O3SSi/c1-23-10-12-24(13-11-23)31(38)34-30(29-9-7-8-22-33-29)32(37-39(4,5)6,25-14-18-27(35-2)19-15-25)26-16-20-28(36-3)21-17-26/h7-22,30H,1-6H3,(H,34,38). The second-order valence-electron chi connectivity index (χ2n) is 10.4. The largest absolute Gasteiger partial charge is 0.497 e. The van der Waals surface area contributed by atoms with E-state index in [1.807, 2.05) is 54.6 Å². The number of nitrogens with zero attached hydrogens (tertiary/aromatic N) is 1. The summed E-state index contributed by atoms with van der Waals surface area (Å²) in [6, 6.07) is 29.8. The summed E-state index contributed by atoms with van der Waals surface area (Å²) >= 11 is 6.01. The fraction of sp³-hybridized carbons (Fsp3) is 0.250. The summed E-state index contributed by atoms with van der Waals surface area (Å²) in [5.74, 6) is 1.54. The topological polar surface area (TPSA) is 52.6 Å². The molecule has 0 saturated carbocycles. The molecule has 1 heterocycles. The third-order valence-electron chi connectivity index (χ3n) is 6.48. The van der Waals surface area contributed by atoms with Gasteiger partial charge in [0, 0.05) is 11.8 Å². The minimum absolute atomic E-state index is 0.457. The van der Waals surface area contributed by atoms with E-state index in [1.165, 1.54) is 5.56 Å². The van der Waals surface area contributed by atoms with Crippen LogP contribution in [-0.2, 0) is 10.0 Å². The minimum Gasteiger partial charge on any atom is -0.497 e. The Balaban J connectivity index is 2.00. The lowest BCUT2D eigenvalue weighted by Crippen LogP contribution is -2.51. The highest BCUT2D eigenvalue weighted by molar-refractivity contribution is 7.80. The van der Waals surface area contributed by atoms with Gasteiger partial charge in [-0.25, -0.2) is 0 Å². The molecule has 202 valence electrons. The molecule has 4 aromatic rings. The molecule has 4 rings (SSSR count). The van der Waals surface area contributed by atoms with Crippen molar-refractivity contribution < 1.29 is 13.9 Å². The Morgan fingerprint density at radius 2 is 1.33 bits per heavy atom. The van der Waals surface area contributed by atoms with E-state index in [1.54, 1.807) is 20.4 Å². The normalized spacial score (nSPS) is 12.5. The van der Waals surface area contributed by atoms with Crippen LogP contribution >= 0.6 is 12.2 Å². The molecule has 7 heteroatoms. The first-order valence-electron chi connectivity index (χ1n) is 12.9. The van der Waals surface area contributed by atoms with Crippen LogP contribution in [0, 0.1) is 6.92 Å². The second kappa shape index (κ2) is 12.1. The number of ether oxygens (including phenoxy) is 2. The summed E-state index contributed by atoms with van der Waals surface area (Å²) in [5.41, 5.74) is 3.87. The van der Waals surface area contributed by atoms with E-state index in [9.17, 15) is 0 Å². The van der Waals surface area contributed by atoms with Gasteiger partial charge >= 0.3 is 0 Å². The van der Waals surface area contributed by atoms with E-state index in [4.69, 9.17) is 31.1 Å². The van der Waals surface area contributed by atoms with Gasteiger partial charge in [0.25, 0.3) is 0 Å². The molecule has 0 aliphatic rings. The van der Waals surface area contributed by atoms with E-state index in [0.717, 1.165) is 33.9 Å². The molecule has 0 spiro atoms. The van der Waals surface area contributed by atoms with Crippen LogP contribution in [0.1, 0.15) is 34.0 Å². The molecule has 1 aromatic heterocycles. The van der Waals surface area contributed by atoms with Crippen molar-refractivity contribution in [3.63, 3.8) is 0 Å². The number of methoxy groups -OCH3 is 2. The van der Waals surface area contributed by atoms with Crippen LogP contribution in [0.25, 0.3) is 0 Å². The number of hydrogen-bond acceptors (Lipinski definition) is 5. The number of rotatable bonds is 10. The second-order valence-corrected chi connectivity index (χ2v) is 15.3. The summed E-state index contributed by atoms with van der Waals surface area (Å²) in [4.78, 5) is 5.44. The van der Waals surface area contributed by atoms with E-state index < -0.39 is 20.0 Å². The smallest absolute Gasteiger partial charge is 0.185 e. The molecule has 39 heavy (non-hydrogen) atoms. The minimum atomic E-state index is -2.21. The lowest BCUT2D eigenvalue weighted by Gasteiger charge is -2.46. The molecule has 0 bridgehead atoms. The molecule has 5 nitrogen and oxygen atoms in total. The van der Waals surface area contributed by atoms with E-state index in [0.29, 0.717) is 4.99 Å². The summed E-state index contributed by atoms with van der Waals surface area (Å²) in [6.07, 6.45) is 1.81. The average molecular weight is 557 g/mol. The SMILES string of the molecule is COc1ccc(C(O[Si](C)(C)C)(c2ccc(OC)cc2)C(NC(=S)c2ccc(C)cc2)c2ccccn2)cc1. The van der Waals surface area contributed by atoms with Crippen LogP contribution in [0.3, 0.4) is 0 Å². The molecular weight excluding hydrogens is 521 g/mol. The molecule has 0 fully saturated rings. The van der Waals surface area contributed by atoms with Gasteiger partial charge in [-0.2, -0.15) is 0 Å². The molecule has 0 saturated heterocycles. The molecule has 0 aliphatic carbocycles. The lowest BCUT2D eigenvalue weighted by molar-refractivity contribution is 0.0622. The Bertz CT molecular complexity index is 1320. The Morgan fingerprint density at radius 1 is 0.795 bits per heavy atom. The van der Waals surface area contributed by atoms with Gasteiger partial charge in [-0.3, -0.25) is 4.98 Å². The molecule has 1 N–H and O–H groups in total. The number of benzene rings is 3. The molecule has 3 aromatic carbocycles. The van der Waals surface area contributed by atoms with Gasteiger partial charge in [-0.05, 0) is 74.1 Å². The highest BCUT2D eigenvalue weighted by Gasteiger charge is 2.48. The lowest BCUT2D eigenvalue weighted by atomic mass is 9.78. The number of aromatic nitrogens is 1. The van der Waals surface area contributed by atoms with Gasteiger partial charge in [-0.1, -0.05) is 72.4 Å². The molecule has 1 unspecified atom stereocenters. The first-order chi connectivity index (χ1) is 18.7. The number of pyridine rings is 1. The Hall–Kier alpha value is -3.52. The first-order valence-corrected chi connectivity index (χ1v) is 16.8. The highest BCUT2D eigenvalue weighted by Crippen LogP contribution is 2.47. The molecule has 0 radical (unpaired) electrons. The fourth-order valence-electron chi connectivity index (χ4n) is 4.69. The fourth-order valence-corrected chi connectivity index (χ4v) is 6.26. The Kier molecular flexibility index (Phi) is 8.85. The zero-order valence-electron chi connectivity index (χ0n) is 23.4. The van der Waals surface area contributed by atoms with Crippen molar-refractivity contribution in [3.05, 3.63) is 125 Å². The van der Waals surface area contributed by atoms with Crippen molar-refractivity contribution in [2.75, 3.05) is 14.2 Å². The van der Waals surface area contributed by atoms with E-state index in [2.05, 4.69) is 68.3 Å². The van der Waals surface area contributed by atoms with Crippen LogP contribution < -0.4 is 14.8 Å². The maximum atomic E-state index is 7.31. The van der Waals surface area contributed by atoms with E-state index in [-0.39, 0.29) is 0 Å². The summed E-state index contributed by atoms with van der Waals surface area (Å²) < 4.78 is 18.3. The maximum Gasteiger partial charge on any atom is 0.185 e. The third kappa shape index (κ3) is 6.56. The number of aryl methyl sites for hydroxylation is 1. The molecular formula is C32H36N2O3SSi. The van der Waals surface area contributed by atoms with Gasteiger partial charge in [-0.15, -0.1) is 0 Å². The summed E-state index contributed by atoms with van der Waals surface area (Å²) in [6.45, 7) is 8.66. The van der Waals surface area contributed by atoms with Gasteiger partial charge in [0.05, 0.1) is 19.9 Å². The van der Waals surface area contributed by atoms with Crippen molar-refractivity contribution >= 4 is 25.5 Å². The van der Waals surface area contributed by atoms with Crippen molar-refractivity contribution in [1.29, 1.82) is 0 Å². The zero-order chi connectivity index (χ0) is 28.0. The molecule has 0 aliphatic heterocycles. The van der Waals surface area contributed by atoms with Crippen molar-refractivity contribution in [1.82, 2.24) is 10.3 Å². The van der Waals surface area contributed by atoms with Crippen LogP contribution in [-0.4, -0.2) is 32.5 Å². The predicted octanol–water partition coefficient (Wildman–Crippen LogP) is 7.21. The third-order valence-corrected chi connectivity index (χ3v) is 7.77. The Labute approximate surface area is 238 Å². The van der Waals surface area contributed by atoms with Crippen LogP contribution in [0.5, 0.6) is 11.5 Å². The van der Waals surface area contributed by atoms with Gasteiger partial charge < -0.3 is 19.2 Å². The zero-order valence-corrected chi connectivity index (χ0v) is 25.2. The van der Waals surface area contributed by atoms with Crippen LogP contribution in [0.4, 0.5) is 0 Å². The Morgan fingerprint density at radius 3 is 1.77 bits per heavy atom. The molecule has 1 atom stereocenters. The van der Waals surface area contributed by atoms with Gasteiger partial charge in [0.2, 0.25) is 0 Å². The maximum absolute atomic E-state index is 7.31. The van der Waals surface area contributed by atoms with Crippen molar-refractivity contribution in [3.8, 4) is 11.5 Å². The number of thiocarbonyl (C=S) groups is 1. The van der Waals surface area contributed by atoms with Crippen molar-refractivity contribution in [2.24, 2.45) is 0 Å². The quantitative estimate of drug-likeness (QED) is 0.165. The van der Waals surface area contributed by atoms with Gasteiger partial charge in [0.15, 0.2) is 8.32 Å². The average Bonchev–Trinajstić information content (AvgIpc) is 2.95. The number of hydrogen-bond donors (Lipinski definition) is 1. The van der Waals surface area contributed by atoms with Crippen LogP contribution in [0.15, 0.2) is 97.2 Å². The first kappa shape index (κ1) is 28.5. The highest BCUT2D eigenvalue weighted by atomic mass is 32.1. The predicted molar refractivity (Wildman–Crippen MR) is 164 cm³/mol. The monoisotopic (exact) mass is 556 g/mol. The summed E-state index contributed by atoms with van der Waals surface area (Å²) in [7, 11) is 1.13.